The van der Waals surface area contributed by atoms with Crippen LogP contribution in [-0.2, 0) is 28.5 Å². The molecule has 3 aromatic rings. The van der Waals surface area contributed by atoms with Crippen molar-refractivity contribution in [2.45, 2.75) is 32.0 Å². The SMILES string of the molecule is COc1cncc(CC(=O)Cc2cc(C(F)(F)F)c(-n3nccn3)nc2OC)c1[C@@H](C)OC. The Bertz CT molecular complexity index is 1120. The zero-order valence-electron chi connectivity index (χ0n) is 18.4. The van der Waals surface area contributed by atoms with Crippen molar-refractivity contribution >= 4 is 5.78 Å². The van der Waals surface area contributed by atoms with Gasteiger partial charge in [0, 0.05) is 37.3 Å². The Morgan fingerprint density at radius 1 is 1.06 bits per heavy atom. The highest BCUT2D eigenvalue weighted by molar-refractivity contribution is 5.84. The molecule has 0 saturated carbocycles. The molecule has 12 heteroatoms. The van der Waals surface area contributed by atoms with E-state index in [0.717, 1.165) is 10.9 Å². The normalized spacial score (nSPS) is 12.5. The molecule has 0 N–H and O–H groups in total. The van der Waals surface area contributed by atoms with Crippen LogP contribution in [-0.4, -0.2) is 52.1 Å². The fourth-order valence-corrected chi connectivity index (χ4v) is 3.38. The van der Waals surface area contributed by atoms with Crippen LogP contribution in [0.25, 0.3) is 5.82 Å². The van der Waals surface area contributed by atoms with Gasteiger partial charge in [0.2, 0.25) is 5.88 Å². The molecule has 3 aromatic heterocycles. The number of pyridine rings is 2. The van der Waals surface area contributed by atoms with Crippen LogP contribution >= 0.6 is 0 Å². The summed E-state index contributed by atoms with van der Waals surface area (Å²) in [6.07, 6.45) is -0.113. The third kappa shape index (κ3) is 5.28. The lowest BCUT2D eigenvalue weighted by atomic mass is 9.97. The number of carbonyl (C=O) groups excluding carboxylic acids is 1. The smallest absolute Gasteiger partial charge is 0.420 e. The van der Waals surface area contributed by atoms with Crippen molar-refractivity contribution in [1.29, 1.82) is 0 Å². The number of methoxy groups -OCH3 is 3. The van der Waals surface area contributed by atoms with Crippen LogP contribution in [0.15, 0.2) is 30.9 Å². The van der Waals surface area contributed by atoms with E-state index in [0.29, 0.717) is 16.9 Å². The van der Waals surface area contributed by atoms with Crippen LogP contribution in [0.4, 0.5) is 13.2 Å². The molecular weight excluding hydrogens is 443 g/mol. The predicted molar refractivity (Wildman–Crippen MR) is 109 cm³/mol. The van der Waals surface area contributed by atoms with Crippen molar-refractivity contribution in [3.8, 4) is 17.4 Å². The van der Waals surface area contributed by atoms with Crippen LogP contribution in [0, 0.1) is 0 Å². The topological polar surface area (TPSA) is 101 Å². The summed E-state index contributed by atoms with van der Waals surface area (Å²) >= 11 is 0. The lowest BCUT2D eigenvalue weighted by Gasteiger charge is -2.18. The van der Waals surface area contributed by atoms with Gasteiger partial charge in [-0.1, -0.05) is 0 Å². The minimum absolute atomic E-state index is 0.0112. The Morgan fingerprint density at radius 2 is 1.73 bits per heavy atom. The Kier molecular flexibility index (Phi) is 7.26. The van der Waals surface area contributed by atoms with E-state index in [1.807, 2.05) is 0 Å². The van der Waals surface area contributed by atoms with Gasteiger partial charge in [0.25, 0.3) is 0 Å². The number of alkyl halides is 3. The van der Waals surface area contributed by atoms with Gasteiger partial charge in [0.1, 0.15) is 17.1 Å². The summed E-state index contributed by atoms with van der Waals surface area (Å²) < 4.78 is 57.1. The lowest BCUT2D eigenvalue weighted by molar-refractivity contribution is -0.138. The molecule has 0 spiro atoms. The third-order valence-electron chi connectivity index (χ3n) is 4.94. The van der Waals surface area contributed by atoms with Crippen molar-refractivity contribution in [2.24, 2.45) is 0 Å². The summed E-state index contributed by atoms with van der Waals surface area (Å²) in [5.74, 6) is -0.594. The summed E-state index contributed by atoms with van der Waals surface area (Å²) in [4.78, 5) is 21.6. The average molecular weight is 465 g/mol. The van der Waals surface area contributed by atoms with E-state index in [-0.39, 0.29) is 36.2 Å². The molecule has 33 heavy (non-hydrogen) atoms. The third-order valence-corrected chi connectivity index (χ3v) is 4.94. The Balaban J connectivity index is 1.96. The summed E-state index contributed by atoms with van der Waals surface area (Å²) in [6, 6.07) is 0.838. The highest BCUT2D eigenvalue weighted by Gasteiger charge is 2.37. The minimum Gasteiger partial charge on any atom is -0.495 e. The standard InChI is InChI=1S/C21H22F3N5O4/c1-12(31-2)18-14(10-25-11-17(18)32-3)8-15(30)7-13-9-16(21(22,23)24)19(28-20(13)33-4)29-26-5-6-27-29/h5-6,9-12H,7-8H2,1-4H3/t12-/m1/s1. The van der Waals surface area contributed by atoms with Gasteiger partial charge in [0.15, 0.2) is 5.82 Å². The molecule has 3 rings (SSSR count). The van der Waals surface area contributed by atoms with Gasteiger partial charge in [-0.2, -0.15) is 28.4 Å². The number of nitrogens with zero attached hydrogens (tertiary/aromatic N) is 5. The molecule has 0 amide bonds. The minimum atomic E-state index is -4.75. The van der Waals surface area contributed by atoms with Gasteiger partial charge >= 0.3 is 6.18 Å². The molecule has 0 aliphatic rings. The second kappa shape index (κ2) is 9.94. The average Bonchev–Trinajstić information content (AvgIpc) is 3.32. The van der Waals surface area contributed by atoms with E-state index >= 15 is 0 Å². The molecule has 9 nitrogen and oxygen atoms in total. The molecule has 3 heterocycles. The summed E-state index contributed by atoms with van der Waals surface area (Å²) in [7, 11) is 4.25. The van der Waals surface area contributed by atoms with E-state index in [1.165, 1.54) is 46.1 Å². The molecule has 0 aromatic carbocycles. The Labute approximate surface area is 187 Å². The maximum Gasteiger partial charge on any atom is 0.420 e. The first-order valence-corrected chi connectivity index (χ1v) is 9.76. The first-order valence-electron chi connectivity index (χ1n) is 9.76. The van der Waals surface area contributed by atoms with Crippen molar-refractivity contribution in [3.63, 3.8) is 0 Å². The summed E-state index contributed by atoms with van der Waals surface area (Å²) in [6.45, 7) is 1.79. The van der Waals surface area contributed by atoms with Crippen molar-refractivity contribution in [3.05, 3.63) is 53.1 Å². The fraction of sp³-hybridized carbons (Fsp3) is 0.381. The van der Waals surface area contributed by atoms with E-state index in [2.05, 4.69) is 20.2 Å². The molecule has 176 valence electrons. The number of ether oxygens (including phenoxy) is 3. The van der Waals surface area contributed by atoms with Crippen molar-refractivity contribution in [2.75, 3.05) is 21.3 Å². The predicted octanol–water partition coefficient (Wildman–Crippen LogP) is 3.16. The number of ketones is 1. The van der Waals surface area contributed by atoms with E-state index in [9.17, 15) is 18.0 Å². The largest absolute Gasteiger partial charge is 0.495 e. The number of carbonyl (C=O) groups is 1. The van der Waals surface area contributed by atoms with Gasteiger partial charge in [-0.05, 0) is 18.6 Å². The van der Waals surface area contributed by atoms with Gasteiger partial charge in [0.05, 0.1) is 38.9 Å². The number of Topliss-reactive ketones (excluding diaryl/α,β-unsaturated/α-hetero) is 1. The lowest BCUT2D eigenvalue weighted by Crippen LogP contribution is -2.18. The molecule has 0 saturated heterocycles. The molecule has 1 atom stereocenters. The molecule has 0 radical (unpaired) electrons. The zero-order chi connectivity index (χ0) is 24.2. The summed E-state index contributed by atoms with van der Waals surface area (Å²) in [5, 5.41) is 7.45. The van der Waals surface area contributed by atoms with Crippen LogP contribution < -0.4 is 9.47 Å². The van der Waals surface area contributed by atoms with E-state index < -0.39 is 17.6 Å². The second-order valence-corrected chi connectivity index (χ2v) is 7.03. The second-order valence-electron chi connectivity index (χ2n) is 7.03. The van der Waals surface area contributed by atoms with Crippen LogP contribution in [0.3, 0.4) is 0 Å². The number of halogens is 3. The van der Waals surface area contributed by atoms with Gasteiger partial charge in [-0.15, -0.1) is 4.80 Å². The number of aromatic nitrogens is 5. The molecule has 0 bridgehead atoms. The highest BCUT2D eigenvalue weighted by Crippen LogP contribution is 2.36. The van der Waals surface area contributed by atoms with Crippen molar-refractivity contribution < 1.29 is 32.2 Å². The van der Waals surface area contributed by atoms with E-state index in [1.54, 1.807) is 6.92 Å². The van der Waals surface area contributed by atoms with Crippen molar-refractivity contribution in [1.82, 2.24) is 25.0 Å². The first kappa shape index (κ1) is 24.1. The van der Waals surface area contributed by atoms with Crippen LogP contribution in [0.5, 0.6) is 11.6 Å². The number of hydrogen-bond donors (Lipinski definition) is 0. The molecular formula is C21H22F3N5O4. The van der Waals surface area contributed by atoms with Gasteiger partial charge in [-0.25, -0.2) is 0 Å². The van der Waals surface area contributed by atoms with Gasteiger partial charge in [-0.3, -0.25) is 9.78 Å². The van der Waals surface area contributed by atoms with E-state index in [4.69, 9.17) is 14.2 Å². The number of hydrogen-bond acceptors (Lipinski definition) is 8. The fourth-order valence-electron chi connectivity index (χ4n) is 3.38. The van der Waals surface area contributed by atoms with Gasteiger partial charge < -0.3 is 14.2 Å². The Hall–Kier alpha value is -3.54. The zero-order valence-corrected chi connectivity index (χ0v) is 18.4. The monoisotopic (exact) mass is 465 g/mol. The Morgan fingerprint density at radius 3 is 2.30 bits per heavy atom. The molecule has 0 aliphatic heterocycles. The molecule has 0 aliphatic carbocycles. The molecule has 0 fully saturated rings. The molecule has 0 unspecified atom stereocenters. The first-order chi connectivity index (χ1) is 15.7. The quantitative estimate of drug-likeness (QED) is 0.475. The maximum atomic E-state index is 13.7. The number of rotatable bonds is 9. The van der Waals surface area contributed by atoms with Crippen LogP contribution in [0.1, 0.15) is 35.3 Å². The maximum absolute atomic E-state index is 13.7. The van der Waals surface area contributed by atoms with Crippen LogP contribution in [0.2, 0.25) is 0 Å². The summed E-state index contributed by atoms with van der Waals surface area (Å²) in [5.41, 5.74) is 0.0977. The highest BCUT2D eigenvalue weighted by atomic mass is 19.4.